The molecule has 1 heterocycles. The maximum Gasteiger partial charge on any atom is 0.296 e. The number of hydrogen-bond acceptors (Lipinski definition) is 5. The summed E-state index contributed by atoms with van der Waals surface area (Å²) in [6.07, 6.45) is 0. The standard InChI is InChI=1S/C11H14N4O2/c1-15(2)9(16)6-13-11-14-10-7(12)4-3-5-8(10)17-11/h3-5H,6,12H2,1-2H3,(H,13,14). The van der Waals surface area contributed by atoms with E-state index in [9.17, 15) is 4.79 Å². The fourth-order valence-electron chi connectivity index (χ4n) is 1.35. The number of likely N-dealkylation sites (N-methyl/N-ethyl adjacent to an activating group) is 1. The minimum atomic E-state index is -0.0553. The van der Waals surface area contributed by atoms with Gasteiger partial charge in [0, 0.05) is 14.1 Å². The third-order valence-electron chi connectivity index (χ3n) is 2.34. The van der Waals surface area contributed by atoms with E-state index in [2.05, 4.69) is 10.3 Å². The second-order valence-electron chi connectivity index (χ2n) is 3.85. The summed E-state index contributed by atoms with van der Waals surface area (Å²) in [4.78, 5) is 17.0. The molecule has 90 valence electrons. The summed E-state index contributed by atoms with van der Waals surface area (Å²) >= 11 is 0. The van der Waals surface area contributed by atoms with Crippen LogP contribution in [0.1, 0.15) is 0 Å². The molecular weight excluding hydrogens is 220 g/mol. The molecule has 0 aliphatic carbocycles. The molecule has 0 bridgehead atoms. The number of para-hydroxylation sites is 1. The molecule has 1 aromatic carbocycles. The minimum absolute atomic E-state index is 0.0553. The Balaban J connectivity index is 2.15. The van der Waals surface area contributed by atoms with Crippen LogP contribution in [0.3, 0.4) is 0 Å². The number of aromatic nitrogens is 1. The van der Waals surface area contributed by atoms with Crippen molar-refractivity contribution >= 4 is 28.7 Å². The summed E-state index contributed by atoms with van der Waals surface area (Å²) in [5.74, 6) is -0.0553. The van der Waals surface area contributed by atoms with E-state index in [0.29, 0.717) is 22.8 Å². The summed E-state index contributed by atoms with van der Waals surface area (Å²) in [5.41, 5.74) is 7.51. The molecule has 0 radical (unpaired) electrons. The molecule has 0 spiro atoms. The van der Waals surface area contributed by atoms with Gasteiger partial charge in [0.2, 0.25) is 5.91 Å². The monoisotopic (exact) mass is 234 g/mol. The van der Waals surface area contributed by atoms with Crippen molar-refractivity contribution < 1.29 is 9.21 Å². The van der Waals surface area contributed by atoms with Gasteiger partial charge in [0.25, 0.3) is 6.01 Å². The second-order valence-corrected chi connectivity index (χ2v) is 3.85. The normalized spacial score (nSPS) is 10.5. The smallest absolute Gasteiger partial charge is 0.296 e. The van der Waals surface area contributed by atoms with Crippen molar-refractivity contribution in [2.45, 2.75) is 0 Å². The van der Waals surface area contributed by atoms with Crippen molar-refractivity contribution in [3.8, 4) is 0 Å². The highest BCUT2D eigenvalue weighted by molar-refractivity contribution is 5.87. The Labute approximate surface area is 98.4 Å². The van der Waals surface area contributed by atoms with Gasteiger partial charge in [-0.25, -0.2) is 0 Å². The summed E-state index contributed by atoms with van der Waals surface area (Å²) in [6.45, 7) is 0.139. The topological polar surface area (TPSA) is 84.4 Å². The number of amides is 1. The molecule has 0 atom stereocenters. The quantitative estimate of drug-likeness (QED) is 0.771. The van der Waals surface area contributed by atoms with Gasteiger partial charge < -0.3 is 20.4 Å². The fraction of sp³-hybridized carbons (Fsp3) is 0.273. The first-order valence-corrected chi connectivity index (χ1v) is 5.17. The lowest BCUT2D eigenvalue weighted by Crippen LogP contribution is -2.28. The molecule has 1 aromatic heterocycles. The SMILES string of the molecule is CN(C)C(=O)CNc1nc2c(N)cccc2o1. The van der Waals surface area contributed by atoms with E-state index in [1.54, 1.807) is 32.3 Å². The summed E-state index contributed by atoms with van der Waals surface area (Å²) < 4.78 is 5.41. The molecule has 1 amide bonds. The van der Waals surface area contributed by atoms with Crippen LogP contribution in [-0.2, 0) is 4.79 Å². The van der Waals surface area contributed by atoms with Crippen LogP contribution in [0.4, 0.5) is 11.7 Å². The lowest BCUT2D eigenvalue weighted by atomic mass is 10.3. The Morgan fingerprint density at radius 3 is 2.94 bits per heavy atom. The van der Waals surface area contributed by atoms with Crippen LogP contribution in [0.2, 0.25) is 0 Å². The van der Waals surface area contributed by atoms with Gasteiger partial charge in [-0.2, -0.15) is 4.98 Å². The Hall–Kier alpha value is -2.24. The van der Waals surface area contributed by atoms with E-state index in [1.165, 1.54) is 4.90 Å². The van der Waals surface area contributed by atoms with Crippen LogP contribution in [-0.4, -0.2) is 36.4 Å². The predicted octanol–water partition coefficient (Wildman–Crippen LogP) is 0.910. The Bertz CT molecular complexity index is 547. The summed E-state index contributed by atoms with van der Waals surface area (Å²) in [5, 5.41) is 2.82. The maximum atomic E-state index is 11.4. The van der Waals surface area contributed by atoms with Gasteiger partial charge in [0.1, 0.15) is 5.52 Å². The zero-order valence-electron chi connectivity index (χ0n) is 9.73. The van der Waals surface area contributed by atoms with E-state index in [-0.39, 0.29) is 12.5 Å². The molecule has 0 saturated heterocycles. The van der Waals surface area contributed by atoms with Gasteiger partial charge in [-0.05, 0) is 12.1 Å². The van der Waals surface area contributed by atoms with E-state index in [1.807, 2.05) is 0 Å². The number of hydrogen-bond donors (Lipinski definition) is 2. The number of nitrogens with zero attached hydrogens (tertiary/aromatic N) is 2. The van der Waals surface area contributed by atoms with Gasteiger partial charge >= 0.3 is 0 Å². The Kier molecular flexibility index (Phi) is 2.86. The lowest BCUT2D eigenvalue weighted by Gasteiger charge is -2.09. The molecule has 2 aromatic rings. The largest absolute Gasteiger partial charge is 0.423 e. The number of carbonyl (C=O) groups excluding carboxylic acids is 1. The van der Waals surface area contributed by atoms with E-state index in [0.717, 1.165) is 0 Å². The Morgan fingerprint density at radius 1 is 1.53 bits per heavy atom. The molecule has 17 heavy (non-hydrogen) atoms. The van der Waals surface area contributed by atoms with Gasteiger partial charge in [0.15, 0.2) is 5.58 Å². The molecule has 2 rings (SSSR count). The highest BCUT2D eigenvalue weighted by Gasteiger charge is 2.09. The number of rotatable bonds is 3. The van der Waals surface area contributed by atoms with Crippen molar-refractivity contribution in [1.29, 1.82) is 0 Å². The van der Waals surface area contributed by atoms with Crippen LogP contribution in [0.25, 0.3) is 11.1 Å². The van der Waals surface area contributed by atoms with Crippen LogP contribution < -0.4 is 11.1 Å². The molecule has 0 unspecified atom stereocenters. The average molecular weight is 234 g/mol. The number of benzene rings is 1. The summed E-state index contributed by atoms with van der Waals surface area (Å²) in [7, 11) is 3.38. The van der Waals surface area contributed by atoms with Gasteiger partial charge in [0.05, 0.1) is 12.2 Å². The van der Waals surface area contributed by atoms with E-state index < -0.39 is 0 Å². The fourth-order valence-corrected chi connectivity index (χ4v) is 1.35. The van der Waals surface area contributed by atoms with Crippen LogP contribution in [0, 0.1) is 0 Å². The molecule has 6 heteroatoms. The van der Waals surface area contributed by atoms with Crippen molar-refractivity contribution in [3.63, 3.8) is 0 Å². The predicted molar refractivity (Wildman–Crippen MR) is 65.6 cm³/mol. The van der Waals surface area contributed by atoms with Crippen LogP contribution >= 0.6 is 0 Å². The van der Waals surface area contributed by atoms with Crippen molar-refractivity contribution in [2.24, 2.45) is 0 Å². The highest BCUT2D eigenvalue weighted by atomic mass is 16.4. The summed E-state index contributed by atoms with van der Waals surface area (Å²) in [6, 6.07) is 5.61. The number of oxazole rings is 1. The van der Waals surface area contributed by atoms with Gasteiger partial charge in [-0.15, -0.1) is 0 Å². The molecule has 3 N–H and O–H groups in total. The number of nitrogens with two attached hydrogens (primary N) is 1. The van der Waals surface area contributed by atoms with Gasteiger partial charge in [-0.3, -0.25) is 4.79 Å². The lowest BCUT2D eigenvalue weighted by molar-refractivity contribution is -0.126. The van der Waals surface area contributed by atoms with Crippen molar-refractivity contribution in [2.75, 3.05) is 31.7 Å². The molecule has 0 fully saturated rings. The number of nitrogens with one attached hydrogen (secondary N) is 1. The van der Waals surface area contributed by atoms with Crippen molar-refractivity contribution in [3.05, 3.63) is 18.2 Å². The Morgan fingerprint density at radius 2 is 2.29 bits per heavy atom. The first kappa shape index (κ1) is 11.3. The zero-order chi connectivity index (χ0) is 12.4. The van der Waals surface area contributed by atoms with E-state index >= 15 is 0 Å². The van der Waals surface area contributed by atoms with Gasteiger partial charge in [-0.1, -0.05) is 6.07 Å². The maximum absolute atomic E-state index is 11.4. The molecule has 0 aliphatic heterocycles. The minimum Gasteiger partial charge on any atom is -0.423 e. The highest BCUT2D eigenvalue weighted by Crippen LogP contribution is 2.23. The van der Waals surface area contributed by atoms with Crippen LogP contribution in [0.15, 0.2) is 22.6 Å². The first-order chi connectivity index (χ1) is 8.08. The number of fused-ring (bicyclic) bond motifs is 1. The average Bonchev–Trinajstić information content (AvgIpc) is 2.70. The number of carbonyl (C=O) groups is 1. The second kappa shape index (κ2) is 4.32. The molecule has 0 saturated carbocycles. The number of nitrogen functional groups attached to an aromatic ring is 1. The van der Waals surface area contributed by atoms with Crippen molar-refractivity contribution in [1.82, 2.24) is 9.88 Å². The third kappa shape index (κ3) is 2.30. The zero-order valence-corrected chi connectivity index (χ0v) is 9.73. The molecule has 0 aliphatic rings. The third-order valence-corrected chi connectivity index (χ3v) is 2.34. The number of anilines is 2. The molecular formula is C11H14N4O2. The molecule has 6 nitrogen and oxygen atoms in total. The first-order valence-electron chi connectivity index (χ1n) is 5.17. The van der Waals surface area contributed by atoms with Crippen LogP contribution in [0.5, 0.6) is 0 Å². The van der Waals surface area contributed by atoms with E-state index in [4.69, 9.17) is 10.2 Å².